The zero-order valence-electron chi connectivity index (χ0n) is 17.5. The zero-order chi connectivity index (χ0) is 18.9. The van der Waals surface area contributed by atoms with Gasteiger partial charge in [-0.15, -0.1) is 0 Å². The Morgan fingerprint density at radius 2 is 1.73 bits per heavy atom. The van der Waals surface area contributed by atoms with Crippen molar-refractivity contribution < 1.29 is 4.79 Å². The van der Waals surface area contributed by atoms with Crippen molar-refractivity contribution in [3.63, 3.8) is 0 Å². The Kier molecular flexibility index (Phi) is 5.86. The summed E-state index contributed by atoms with van der Waals surface area (Å²) in [6, 6.07) is 2.35. The van der Waals surface area contributed by atoms with Crippen LogP contribution in [0.1, 0.15) is 98.3 Å². The second-order valence-electron chi connectivity index (χ2n) is 9.87. The van der Waals surface area contributed by atoms with Crippen LogP contribution in [0.3, 0.4) is 0 Å². The lowest BCUT2D eigenvalue weighted by atomic mass is 9.44. The summed E-state index contributed by atoms with van der Waals surface area (Å²) in [5.41, 5.74) is 0.758. The topological polar surface area (TPSA) is 40.9 Å². The molecule has 2 heteroatoms. The number of nitrogens with zero attached hydrogens (tertiary/aromatic N) is 1. The van der Waals surface area contributed by atoms with E-state index in [0.717, 1.165) is 12.8 Å². The largest absolute Gasteiger partial charge is 0.299 e. The van der Waals surface area contributed by atoms with Crippen LogP contribution in [0.5, 0.6) is 0 Å². The highest BCUT2D eigenvalue weighted by molar-refractivity contribution is 5.83. The maximum atomic E-state index is 13.2. The molecule has 0 aliphatic heterocycles. The third kappa shape index (κ3) is 2.94. The Balaban J connectivity index is 0.000000948. The van der Waals surface area contributed by atoms with E-state index in [-0.39, 0.29) is 0 Å². The molecule has 0 aromatic carbocycles. The number of fused-ring (bicyclic) bond motifs is 5. The van der Waals surface area contributed by atoms with Crippen LogP contribution in [0.25, 0.3) is 0 Å². The van der Waals surface area contributed by atoms with Gasteiger partial charge in [-0.2, -0.15) is 5.26 Å². The molecule has 4 rings (SSSR count). The zero-order valence-corrected chi connectivity index (χ0v) is 17.5. The van der Waals surface area contributed by atoms with E-state index in [1.54, 1.807) is 0 Å². The molecular formula is C24H39NO. The van der Waals surface area contributed by atoms with Gasteiger partial charge in [-0.3, -0.25) is 4.79 Å². The van der Waals surface area contributed by atoms with E-state index in [1.165, 1.54) is 51.4 Å². The smallest absolute Gasteiger partial charge is 0.136 e. The van der Waals surface area contributed by atoms with Gasteiger partial charge in [0, 0.05) is 18.8 Å². The van der Waals surface area contributed by atoms with E-state index >= 15 is 0 Å². The molecule has 4 aliphatic carbocycles. The lowest BCUT2D eigenvalue weighted by Gasteiger charge is -2.59. The summed E-state index contributed by atoms with van der Waals surface area (Å²) in [6.07, 6.45) is 13.0. The first kappa shape index (κ1) is 19.9. The first-order chi connectivity index (χ1) is 12.5. The van der Waals surface area contributed by atoms with E-state index in [2.05, 4.69) is 19.9 Å². The van der Waals surface area contributed by atoms with Crippen molar-refractivity contribution in [2.24, 2.45) is 40.4 Å². The number of nitriles is 1. The molecule has 26 heavy (non-hydrogen) atoms. The molecule has 146 valence electrons. The van der Waals surface area contributed by atoms with Gasteiger partial charge in [-0.05, 0) is 79.4 Å². The lowest BCUT2D eigenvalue weighted by Crippen LogP contribution is -2.56. The van der Waals surface area contributed by atoms with Crippen LogP contribution in [-0.4, -0.2) is 5.78 Å². The number of carbonyl (C=O) groups excluding carboxylic acids is 1. The summed E-state index contributed by atoms with van der Waals surface area (Å²) >= 11 is 0. The molecule has 0 spiro atoms. The van der Waals surface area contributed by atoms with E-state index in [9.17, 15) is 4.79 Å². The fourth-order valence-electron chi connectivity index (χ4n) is 7.78. The fourth-order valence-corrected chi connectivity index (χ4v) is 7.78. The normalized spacial score (nSPS) is 46.9. The first-order valence-electron chi connectivity index (χ1n) is 11.4. The maximum Gasteiger partial charge on any atom is 0.136 e. The number of ketones is 1. The Morgan fingerprint density at radius 1 is 1.00 bits per heavy atom. The van der Waals surface area contributed by atoms with Crippen molar-refractivity contribution in [3.05, 3.63) is 0 Å². The van der Waals surface area contributed by atoms with Gasteiger partial charge in [0.25, 0.3) is 0 Å². The Hall–Kier alpha value is -0.840. The summed E-state index contributed by atoms with van der Waals surface area (Å²) in [7, 11) is 0. The molecular weight excluding hydrogens is 318 g/mol. The van der Waals surface area contributed by atoms with Crippen LogP contribution in [-0.2, 0) is 4.79 Å². The molecule has 0 saturated heterocycles. The number of hydrogen-bond acceptors (Lipinski definition) is 2. The van der Waals surface area contributed by atoms with E-state index in [4.69, 9.17) is 5.26 Å². The maximum absolute atomic E-state index is 13.2. The SMILES string of the molecule is CC.CC12CCC3C(C(=O)CC4CCCCC43C)C1CCC2CCC#N. The predicted octanol–water partition coefficient (Wildman–Crippen LogP) is 6.54. The molecule has 2 nitrogen and oxygen atoms in total. The van der Waals surface area contributed by atoms with Gasteiger partial charge in [-0.25, -0.2) is 0 Å². The summed E-state index contributed by atoms with van der Waals surface area (Å²) < 4.78 is 0. The summed E-state index contributed by atoms with van der Waals surface area (Å²) in [4.78, 5) is 13.2. The van der Waals surface area contributed by atoms with Crippen molar-refractivity contribution in [1.82, 2.24) is 0 Å². The van der Waals surface area contributed by atoms with Gasteiger partial charge in [0.2, 0.25) is 0 Å². The van der Waals surface area contributed by atoms with Crippen LogP contribution >= 0.6 is 0 Å². The molecule has 0 amide bonds. The van der Waals surface area contributed by atoms with Crippen molar-refractivity contribution in [1.29, 1.82) is 5.26 Å². The average molecular weight is 358 g/mol. The van der Waals surface area contributed by atoms with E-state index in [1.807, 2.05) is 13.8 Å². The Morgan fingerprint density at radius 3 is 2.46 bits per heavy atom. The molecule has 0 bridgehead atoms. The van der Waals surface area contributed by atoms with Gasteiger partial charge in [0.15, 0.2) is 0 Å². The Bertz CT molecular complexity index is 563. The highest BCUT2D eigenvalue weighted by Crippen LogP contribution is 2.67. The van der Waals surface area contributed by atoms with Gasteiger partial charge in [0.05, 0.1) is 6.07 Å². The number of rotatable bonds is 2. The second kappa shape index (κ2) is 7.65. The van der Waals surface area contributed by atoms with Crippen LogP contribution in [0.2, 0.25) is 0 Å². The number of Topliss-reactive ketones (excluding diaryl/α,β-unsaturated/α-hetero) is 1. The standard InChI is InChI=1S/C22H33NO.C2H6/c1-21-11-4-3-6-16(21)14-19(24)20-17-9-8-15(7-5-13-23)22(17,2)12-10-18(20)21;1-2/h15-18,20H,3-12,14H2,1-2H3;1-2H3. The molecule has 0 N–H and O–H groups in total. The van der Waals surface area contributed by atoms with Crippen LogP contribution in [0, 0.1) is 51.8 Å². The third-order valence-electron chi connectivity index (χ3n) is 9.19. The molecule has 7 atom stereocenters. The lowest BCUT2D eigenvalue weighted by molar-refractivity contribution is -0.155. The van der Waals surface area contributed by atoms with Crippen LogP contribution in [0.4, 0.5) is 0 Å². The Labute approximate surface area is 161 Å². The molecule has 0 heterocycles. The molecule has 4 aliphatic rings. The predicted molar refractivity (Wildman–Crippen MR) is 106 cm³/mol. The van der Waals surface area contributed by atoms with E-state index in [0.29, 0.717) is 52.6 Å². The van der Waals surface area contributed by atoms with Gasteiger partial charge in [0.1, 0.15) is 5.78 Å². The molecule has 0 radical (unpaired) electrons. The summed E-state index contributed by atoms with van der Waals surface area (Å²) in [5, 5.41) is 9.00. The van der Waals surface area contributed by atoms with E-state index < -0.39 is 0 Å². The van der Waals surface area contributed by atoms with Gasteiger partial charge >= 0.3 is 0 Å². The third-order valence-corrected chi connectivity index (χ3v) is 9.19. The molecule has 0 aromatic heterocycles. The summed E-state index contributed by atoms with van der Waals surface area (Å²) in [5.74, 6) is 3.55. The van der Waals surface area contributed by atoms with Gasteiger partial charge < -0.3 is 0 Å². The van der Waals surface area contributed by atoms with Crippen molar-refractivity contribution in [2.75, 3.05) is 0 Å². The first-order valence-corrected chi connectivity index (χ1v) is 11.4. The fraction of sp³-hybridized carbons (Fsp3) is 0.917. The number of carbonyl (C=O) groups is 1. The van der Waals surface area contributed by atoms with Gasteiger partial charge in [-0.1, -0.05) is 40.5 Å². The van der Waals surface area contributed by atoms with Crippen LogP contribution in [0.15, 0.2) is 0 Å². The van der Waals surface area contributed by atoms with Crippen molar-refractivity contribution in [2.45, 2.75) is 98.3 Å². The number of hydrogen-bond donors (Lipinski definition) is 0. The van der Waals surface area contributed by atoms with Crippen molar-refractivity contribution >= 4 is 5.78 Å². The monoisotopic (exact) mass is 357 g/mol. The molecule has 4 fully saturated rings. The average Bonchev–Trinajstić information content (AvgIpc) is 2.98. The molecule has 4 saturated carbocycles. The summed E-state index contributed by atoms with van der Waals surface area (Å²) in [6.45, 7) is 9.00. The molecule has 0 aromatic rings. The minimum atomic E-state index is 0.325. The highest BCUT2D eigenvalue weighted by Gasteiger charge is 2.61. The molecule has 7 unspecified atom stereocenters. The highest BCUT2D eigenvalue weighted by atomic mass is 16.1. The second-order valence-corrected chi connectivity index (χ2v) is 9.87. The van der Waals surface area contributed by atoms with Crippen LogP contribution < -0.4 is 0 Å². The minimum Gasteiger partial charge on any atom is -0.299 e. The quantitative estimate of drug-likeness (QED) is 0.562. The van der Waals surface area contributed by atoms with Crippen molar-refractivity contribution in [3.8, 4) is 6.07 Å². The minimum absolute atomic E-state index is 0.325.